The zero-order valence-corrected chi connectivity index (χ0v) is 20.1. The maximum absolute atomic E-state index is 15.3. The van der Waals surface area contributed by atoms with Gasteiger partial charge in [0.2, 0.25) is 0 Å². The number of nitrogens with zero attached hydrogens (tertiary/aromatic N) is 3. The van der Waals surface area contributed by atoms with E-state index in [-0.39, 0.29) is 5.82 Å². The lowest BCUT2D eigenvalue weighted by Gasteiger charge is -2.54. The van der Waals surface area contributed by atoms with Gasteiger partial charge >= 0.3 is 0 Å². The van der Waals surface area contributed by atoms with Crippen LogP contribution in [0.3, 0.4) is 0 Å². The van der Waals surface area contributed by atoms with E-state index in [1.54, 1.807) is 11.1 Å². The van der Waals surface area contributed by atoms with E-state index in [0.717, 1.165) is 65.6 Å². The molecular formula is C27H35FN4. The van der Waals surface area contributed by atoms with E-state index in [9.17, 15) is 0 Å². The van der Waals surface area contributed by atoms with E-state index in [1.165, 1.54) is 12.8 Å². The molecule has 0 saturated carbocycles. The third-order valence-corrected chi connectivity index (χ3v) is 6.88. The van der Waals surface area contributed by atoms with Gasteiger partial charge in [0.25, 0.3) is 0 Å². The number of nitrogens with one attached hydrogen (secondary N) is 1. The third kappa shape index (κ3) is 4.44. The number of hydrogen-bond acceptors (Lipinski definition) is 4. The summed E-state index contributed by atoms with van der Waals surface area (Å²) in [5.41, 5.74) is 7.70. The summed E-state index contributed by atoms with van der Waals surface area (Å²) in [7, 11) is 0. The van der Waals surface area contributed by atoms with Gasteiger partial charge in [0.1, 0.15) is 5.82 Å². The van der Waals surface area contributed by atoms with Crippen LogP contribution in [0.25, 0.3) is 6.08 Å². The second kappa shape index (κ2) is 8.70. The molecule has 4 rings (SSSR count). The first-order valence-electron chi connectivity index (χ1n) is 11.5. The summed E-state index contributed by atoms with van der Waals surface area (Å²) < 4.78 is 15.3. The molecule has 3 aliphatic heterocycles. The highest BCUT2D eigenvalue weighted by atomic mass is 19.1. The number of aryl methyl sites for hydroxylation is 1. The topological polar surface area (TPSA) is 30.9 Å². The molecule has 2 saturated heterocycles. The Kier molecular flexibility index (Phi) is 6.13. The number of halogens is 1. The first-order chi connectivity index (χ1) is 15.2. The first-order valence-corrected chi connectivity index (χ1v) is 11.5. The lowest BCUT2D eigenvalue weighted by Crippen LogP contribution is -2.58. The van der Waals surface area contributed by atoms with Crippen molar-refractivity contribution in [1.82, 2.24) is 15.2 Å². The van der Waals surface area contributed by atoms with Crippen molar-refractivity contribution >= 4 is 11.8 Å². The minimum absolute atomic E-state index is 0.205. The van der Waals surface area contributed by atoms with Crippen molar-refractivity contribution in [3.05, 3.63) is 76.0 Å². The highest BCUT2D eigenvalue weighted by molar-refractivity contribution is 6.10. The van der Waals surface area contributed by atoms with E-state index in [1.807, 2.05) is 52.1 Å². The van der Waals surface area contributed by atoms with Crippen LogP contribution in [-0.2, 0) is 0 Å². The monoisotopic (exact) mass is 434 g/mol. The summed E-state index contributed by atoms with van der Waals surface area (Å²) >= 11 is 0. The molecule has 170 valence electrons. The van der Waals surface area contributed by atoms with E-state index >= 15 is 4.39 Å². The fraction of sp³-hybridized carbons (Fsp3) is 0.444. The summed E-state index contributed by atoms with van der Waals surface area (Å²) in [5.74, 6) is -0.205. The quantitative estimate of drug-likeness (QED) is 0.671. The Hall–Kier alpha value is -2.66. The van der Waals surface area contributed by atoms with Crippen LogP contribution in [0.2, 0.25) is 0 Å². The summed E-state index contributed by atoms with van der Waals surface area (Å²) in [5, 5.41) is 9.93. The molecule has 3 heterocycles. The molecule has 0 radical (unpaired) electrons. The smallest absolute Gasteiger partial charge is 0.131 e. The zero-order chi connectivity index (χ0) is 23.0. The van der Waals surface area contributed by atoms with Crippen LogP contribution in [0.1, 0.15) is 57.2 Å². The van der Waals surface area contributed by atoms with Crippen LogP contribution < -0.4 is 5.32 Å². The molecule has 1 aromatic rings. The largest absolute Gasteiger partial charge is 0.374 e. The molecule has 0 unspecified atom stereocenters. The van der Waals surface area contributed by atoms with Gasteiger partial charge in [-0.2, -0.15) is 5.10 Å². The van der Waals surface area contributed by atoms with Crippen LogP contribution in [0.4, 0.5) is 4.39 Å². The van der Waals surface area contributed by atoms with Crippen LogP contribution >= 0.6 is 0 Å². The van der Waals surface area contributed by atoms with Gasteiger partial charge < -0.3 is 10.2 Å². The van der Waals surface area contributed by atoms with Gasteiger partial charge in [-0.1, -0.05) is 12.2 Å². The second-order valence-corrected chi connectivity index (χ2v) is 9.89. The summed E-state index contributed by atoms with van der Waals surface area (Å²) in [4.78, 5) is 2.39. The predicted octanol–water partition coefficient (Wildman–Crippen LogP) is 5.58. The number of benzene rings is 1. The van der Waals surface area contributed by atoms with Gasteiger partial charge in [-0.3, -0.25) is 0 Å². The molecule has 3 aliphatic rings. The standard InChI is InChI=1S/C27H35FN4/c1-18(2)15-32-22(6)19(3)12-26(30-32)23-11-20(4)24(25(28)14-23)13-21(5)31-16-27(17-31)7-9-29-10-8-27/h11-15,29H,6-10,16-17H2,1-5H3/b21-13+. The van der Waals surface area contributed by atoms with E-state index in [4.69, 9.17) is 5.10 Å². The van der Waals surface area contributed by atoms with Crippen LogP contribution in [0.5, 0.6) is 0 Å². The van der Waals surface area contributed by atoms with Crippen molar-refractivity contribution in [2.24, 2.45) is 10.5 Å². The van der Waals surface area contributed by atoms with Crippen molar-refractivity contribution in [2.45, 2.75) is 47.5 Å². The van der Waals surface area contributed by atoms with Crippen LogP contribution in [0.15, 0.2) is 58.6 Å². The van der Waals surface area contributed by atoms with Crippen molar-refractivity contribution < 1.29 is 4.39 Å². The molecule has 0 atom stereocenters. The normalized spacial score (nSPS) is 20.7. The zero-order valence-electron chi connectivity index (χ0n) is 20.1. The third-order valence-electron chi connectivity index (χ3n) is 6.88. The number of rotatable bonds is 4. The van der Waals surface area contributed by atoms with Gasteiger partial charge in [-0.15, -0.1) is 0 Å². The summed E-state index contributed by atoms with van der Waals surface area (Å²) in [6.07, 6.45) is 8.41. The van der Waals surface area contributed by atoms with Crippen LogP contribution in [-0.4, -0.2) is 41.8 Å². The van der Waals surface area contributed by atoms with Crippen molar-refractivity contribution in [2.75, 3.05) is 26.2 Å². The highest BCUT2D eigenvalue weighted by Gasteiger charge is 2.43. The molecule has 0 aliphatic carbocycles. The minimum Gasteiger partial charge on any atom is -0.374 e. The lowest BCUT2D eigenvalue weighted by molar-refractivity contribution is 0.00311. The number of hydrogen-bond donors (Lipinski definition) is 1. The Bertz CT molecular complexity index is 1020. The number of allylic oxidation sites excluding steroid dienone is 4. The fourth-order valence-electron chi connectivity index (χ4n) is 4.84. The molecule has 0 bridgehead atoms. The average molecular weight is 435 g/mol. The number of hydrazone groups is 1. The molecule has 0 amide bonds. The maximum atomic E-state index is 15.3. The Morgan fingerprint density at radius 1 is 1.16 bits per heavy atom. The lowest BCUT2D eigenvalue weighted by atomic mass is 9.72. The van der Waals surface area contributed by atoms with Gasteiger partial charge in [-0.05, 0) is 96.0 Å². The van der Waals surface area contributed by atoms with Gasteiger partial charge in [-0.25, -0.2) is 9.40 Å². The SMILES string of the molecule is C=C1C(C)=CC(c2cc(C)c(/C=C(\C)N3CC4(CCNCC4)C3)c(F)c2)=NN1C=C(C)C. The Balaban J connectivity index is 1.57. The number of likely N-dealkylation sites (tertiary alicyclic amines) is 1. The van der Waals surface area contributed by atoms with Gasteiger partial charge in [0, 0.05) is 41.5 Å². The van der Waals surface area contributed by atoms with Gasteiger partial charge in [0.15, 0.2) is 0 Å². The van der Waals surface area contributed by atoms with Crippen molar-refractivity contribution in [3.8, 4) is 0 Å². The van der Waals surface area contributed by atoms with E-state index in [2.05, 4.69) is 23.7 Å². The predicted molar refractivity (Wildman–Crippen MR) is 132 cm³/mol. The Morgan fingerprint density at radius 2 is 1.84 bits per heavy atom. The molecule has 4 nitrogen and oxygen atoms in total. The van der Waals surface area contributed by atoms with E-state index < -0.39 is 0 Å². The highest BCUT2D eigenvalue weighted by Crippen LogP contribution is 2.41. The summed E-state index contributed by atoms with van der Waals surface area (Å²) in [6.45, 7) is 18.6. The summed E-state index contributed by atoms with van der Waals surface area (Å²) in [6, 6.07) is 3.64. The Labute approximate surface area is 191 Å². The van der Waals surface area contributed by atoms with Gasteiger partial charge in [0.05, 0.1) is 11.4 Å². The second-order valence-electron chi connectivity index (χ2n) is 9.89. The average Bonchev–Trinajstić information content (AvgIpc) is 2.72. The van der Waals surface area contributed by atoms with Crippen molar-refractivity contribution in [3.63, 3.8) is 0 Å². The molecule has 1 aromatic carbocycles. The molecule has 1 N–H and O–H groups in total. The fourth-order valence-corrected chi connectivity index (χ4v) is 4.84. The van der Waals surface area contributed by atoms with Crippen molar-refractivity contribution in [1.29, 1.82) is 0 Å². The Morgan fingerprint density at radius 3 is 2.47 bits per heavy atom. The molecule has 2 fully saturated rings. The molecule has 32 heavy (non-hydrogen) atoms. The van der Waals surface area contributed by atoms with Crippen LogP contribution in [0, 0.1) is 18.2 Å². The molecule has 5 heteroatoms. The maximum Gasteiger partial charge on any atom is 0.131 e. The molecule has 1 spiro atoms. The molecule has 0 aromatic heterocycles. The minimum atomic E-state index is -0.205. The van der Waals surface area contributed by atoms with E-state index in [0.29, 0.717) is 11.0 Å². The number of piperidine rings is 1. The first kappa shape index (κ1) is 22.5. The molecular weight excluding hydrogens is 399 g/mol.